The second-order valence-electron chi connectivity index (χ2n) is 7.80. The molecule has 2 N–H and O–H groups in total. The highest BCUT2D eigenvalue weighted by atomic mass is 16.5. The molecule has 1 amide bonds. The first-order valence-electron chi connectivity index (χ1n) is 9.24. The zero-order valence-corrected chi connectivity index (χ0v) is 16.4. The van der Waals surface area contributed by atoms with E-state index in [1.54, 1.807) is 6.26 Å². The average molecular weight is 364 g/mol. The summed E-state index contributed by atoms with van der Waals surface area (Å²) in [6, 6.07) is 3.84. The molecule has 0 aromatic carbocycles. The third kappa shape index (κ3) is 7.47. The number of hydrogen-bond acceptors (Lipinski definition) is 4. The van der Waals surface area contributed by atoms with Crippen molar-refractivity contribution >= 4 is 11.9 Å². The molecule has 0 radical (unpaired) electrons. The van der Waals surface area contributed by atoms with Crippen molar-refractivity contribution in [1.82, 2.24) is 15.5 Å². The highest BCUT2D eigenvalue weighted by Gasteiger charge is 2.19. The molecule has 1 unspecified atom stereocenters. The van der Waals surface area contributed by atoms with E-state index in [1.807, 2.05) is 44.9 Å². The summed E-state index contributed by atoms with van der Waals surface area (Å²) in [7, 11) is 1.88. The number of ether oxygens (including phenoxy) is 1. The maximum Gasteiger partial charge on any atom is 0.240 e. The van der Waals surface area contributed by atoms with Crippen LogP contribution in [0.5, 0.6) is 0 Å². The van der Waals surface area contributed by atoms with Crippen LogP contribution in [0.15, 0.2) is 27.8 Å². The highest BCUT2D eigenvalue weighted by Crippen LogP contribution is 2.12. The van der Waals surface area contributed by atoms with E-state index in [2.05, 4.69) is 10.6 Å². The van der Waals surface area contributed by atoms with E-state index in [0.717, 1.165) is 37.8 Å². The summed E-state index contributed by atoms with van der Waals surface area (Å²) in [6.07, 6.45) is 3.48. The molecule has 0 aliphatic carbocycles. The third-order valence-corrected chi connectivity index (χ3v) is 4.01. The summed E-state index contributed by atoms with van der Waals surface area (Å²) in [5.74, 6) is 2.08. The number of carbonyl (C=O) groups is 1. The molecule has 1 saturated heterocycles. The second-order valence-corrected chi connectivity index (χ2v) is 7.80. The van der Waals surface area contributed by atoms with Crippen molar-refractivity contribution in [3.05, 3.63) is 24.2 Å². The molecule has 1 aromatic heterocycles. The topological polar surface area (TPSA) is 79.1 Å². The van der Waals surface area contributed by atoms with E-state index in [-0.39, 0.29) is 18.0 Å². The molecule has 1 aliphatic heterocycles. The van der Waals surface area contributed by atoms with E-state index in [9.17, 15) is 4.79 Å². The number of guanidine groups is 1. The van der Waals surface area contributed by atoms with Gasteiger partial charge in [0.05, 0.1) is 19.4 Å². The largest absolute Gasteiger partial charge is 0.469 e. The first-order chi connectivity index (χ1) is 12.3. The SMILES string of the molecule is CN(CC(=O)NC(C)(C)C)C(=NCC1CCOC1)NCCc1ccco1. The number of hydrogen-bond donors (Lipinski definition) is 2. The van der Waals surface area contributed by atoms with Gasteiger partial charge in [-0.3, -0.25) is 9.79 Å². The number of nitrogens with one attached hydrogen (secondary N) is 2. The molecule has 0 bridgehead atoms. The standard InChI is InChI=1S/C19H32N4O3/c1-19(2,3)22-17(24)13-23(4)18(21-12-15-8-11-25-14-15)20-9-7-16-6-5-10-26-16/h5-6,10,15H,7-9,11-14H2,1-4H3,(H,20,21)(H,22,24). The lowest BCUT2D eigenvalue weighted by atomic mass is 10.1. The van der Waals surface area contributed by atoms with Crippen molar-refractivity contribution in [1.29, 1.82) is 0 Å². The molecule has 0 saturated carbocycles. The lowest BCUT2D eigenvalue weighted by Crippen LogP contribution is -2.49. The molecule has 2 heterocycles. The lowest BCUT2D eigenvalue weighted by Gasteiger charge is -2.26. The van der Waals surface area contributed by atoms with Crippen LogP contribution in [0, 0.1) is 5.92 Å². The van der Waals surface area contributed by atoms with Gasteiger partial charge in [0.1, 0.15) is 5.76 Å². The van der Waals surface area contributed by atoms with Crippen LogP contribution in [0.1, 0.15) is 33.0 Å². The molecule has 7 nitrogen and oxygen atoms in total. The van der Waals surface area contributed by atoms with Gasteiger partial charge < -0.3 is 24.7 Å². The van der Waals surface area contributed by atoms with E-state index in [1.165, 1.54) is 0 Å². The Balaban J connectivity index is 1.91. The number of likely N-dealkylation sites (N-methyl/N-ethyl adjacent to an activating group) is 1. The van der Waals surface area contributed by atoms with Crippen LogP contribution < -0.4 is 10.6 Å². The van der Waals surface area contributed by atoms with Gasteiger partial charge >= 0.3 is 0 Å². The maximum absolute atomic E-state index is 12.2. The number of amides is 1. The highest BCUT2D eigenvalue weighted by molar-refractivity contribution is 5.86. The Morgan fingerprint density at radius 3 is 2.85 bits per heavy atom. The smallest absolute Gasteiger partial charge is 0.240 e. The molecule has 1 fully saturated rings. The van der Waals surface area contributed by atoms with Crippen molar-refractivity contribution in [2.75, 3.05) is 39.9 Å². The van der Waals surface area contributed by atoms with Gasteiger partial charge in [-0.1, -0.05) is 0 Å². The van der Waals surface area contributed by atoms with E-state index < -0.39 is 0 Å². The quantitative estimate of drug-likeness (QED) is 0.568. The molecule has 1 aromatic rings. The molecule has 0 spiro atoms. The minimum absolute atomic E-state index is 0.0234. The zero-order chi connectivity index (χ0) is 19.0. The summed E-state index contributed by atoms with van der Waals surface area (Å²) in [6.45, 7) is 9.14. The van der Waals surface area contributed by atoms with Crippen molar-refractivity contribution in [3.63, 3.8) is 0 Å². The summed E-state index contributed by atoms with van der Waals surface area (Å²) < 4.78 is 10.8. The van der Waals surface area contributed by atoms with Crippen LogP contribution in [0.2, 0.25) is 0 Å². The van der Waals surface area contributed by atoms with E-state index in [4.69, 9.17) is 14.1 Å². The Hall–Kier alpha value is -2.02. The van der Waals surface area contributed by atoms with Gasteiger partial charge in [-0.15, -0.1) is 0 Å². The van der Waals surface area contributed by atoms with Crippen LogP contribution >= 0.6 is 0 Å². The van der Waals surface area contributed by atoms with Crippen molar-refractivity contribution in [2.45, 2.75) is 39.2 Å². The first kappa shape index (κ1) is 20.3. The van der Waals surface area contributed by atoms with Crippen LogP contribution in [0.25, 0.3) is 0 Å². The van der Waals surface area contributed by atoms with Gasteiger partial charge in [-0.2, -0.15) is 0 Å². The number of rotatable bonds is 7. The number of nitrogens with zero attached hydrogens (tertiary/aromatic N) is 2. The molecular formula is C19H32N4O3. The van der Waals surface area contributed by atoms with Crippen molar-refractivity contribution < 1.29 is 13.9 Å². The fourth-order valence-corrected chi connectivity index (χ4v) is 2.75. The Bertz CT molecular complexity index is 572. The summed E-state index contributed by atoms with van der Waals surface area (Å²) in [5.41, 5.74) is -0.247. The molecule has 2 rings (SSSR count). The third-order valence-electron chi connectivity index (χ3n) is 4.01. The molecule has 7 heteroatoms. The Kier molecular flexibility index (Phi) is 7.50. The monoisotopic (exact) mass is 364 g/mol. The summed E-state index contributed by atoms with van der Waals surface area (Å²) in [5, 5.41) is 6.33. The molecule has 26 heavy (non-hydrogen) atoms. The number of furan rings is 1. The minimum Gasteiger partial charge on any atom is -0.469 e. The van der Waals surface area contributed by atoms with Crippen molar-refractivity contribution in [2.24, 2.45) is 10.9 Å². The second kappa shape index (κ2) is 9.62. The van der Waals surface area contributed by atoms with Gasteiger partial charge in [0.25, 0.3) is 0 Å². The van der Waals surface area contributed by atoms with Crippen molar-refractivity contribution in [3.8, 4) is 0 Å². The molecule has 1 aliphatic rings. The van der Waals surface area contributed by atoms with Crippen LogP contribution in [-0.2, 0) is 16.0 Å². The van der Waals surface area contributed by atoms with Gasteiger partial charge in [0.15, 0.2) is 5.96 Å². The normalized spacial score (nSPS) is 18.0. The van der Waals surface area contributed by atoms with Crippen LogP contribution in [0.3, 0.4) is 0 Å². The van der Waals surface area contributed by atoms with Crippen LogP contribution in [0.4, 0.5) is 0 Å². The lowest BCUT2D eigenvalue weighted by molar-refractivity contribution is -0.122. The van der Waals surface area contributed by atoms with Gasteiger partial charge in [-0.25, -0.2) is 0 Å². The Labute approximate surface area is 156 Å². The van der Waals surface area contributed by atoms with Gasteiger partial charge in [0.2, 0.25) is 5.91 Å². The predicted molar refractivity (Wildman–Crippen MR) is 102 cm³/mol. The van der Waals surface area contributed by atoms with Gasteiger partial charge in [-0.05, 0) is 39.3 Å². The fourth-order valence-electron chi connectivity index (χ4n) is 2.75. The average Bonchev–Trinajstić information content (AvgIpc) is 3.21. The van der Waals surface area contributed by atoms with E-state index >= 15 is 0 Å². The zero-order valence-electron chi connectivity index (χ0n) is 16.4. The van der Waals surface area contributed by atoms with Crippen LogP contribution in [-0.4, -0.2) is 62.2 Å². The predicted octanol–water partition coefficient (Wildman–Crippen LogP) is 1.65. The molecule has 146 valence electrons. The Morgan fingerprint density at radius 1 is 1.42 bits per heavy atom. The Morgan fingerprint density at radius 2 is 2.23 bits per heavy atom. The summed E-state index contributed by atoms with van der Waals surface area (Å²) >= 11 is 0. The summed E-state index contributed by atoms with van der Waals surface area (Å²) in [4.78, 5) is 18.8. The number of aliphatic imine (C=N–C) groups is 1. The minimum atomic E-state index is -0.247. The van der Waals surface area contributed by atoms with E-state index in [0.29, 0.717) is 19.0 Å². The maximum atomic E-state index is 12.2. The fraction of sp³-hybridized carbons (Fsp3) is 0.684. The first-order valence-corrected chi connectivity index (χ1v) is 9.24. The molecular weight excluding hydrogens is 332 g/mol. The van der Waals surface area contributed by atoms with Gasteiger partial charge in [0, 0.05) is 44.6 Å². The molecule has 1 atom stereocenters. The number of carbonyl (C=O) groups excluding carboxylic acids is 1.